The third-order valence-electron chi connectivity index (χ3n) is 2.57. The summed E-state index contributed by atoms with van der Waals surface area (Å²) in [5.74, 6) is -0.413. The molecule has 0 amide bonds. The Morgan fingerprint density at radius 2 is 2.33 bits per heavy atom. The van der Waals surface area contributed by atoms with Gasteiger partial charge in [0.25, 0.3) is 0 Å². The normalized spacial score (nSPS) is 11.0. The molecule has 0 aliphatic heterocycles. The van der Waals surface area contributed by atoms with E-state index in [1.807, 2.05) is 13.1 Å². The fraction of sp³-hybridized carbons (Fsp3) is 0.0769. The van der Waals surface area contributed by atoms with Gasteiger partial charge in [-0.25, -0.2) is 4.68 Å². The van der Waals surface area contributed by atoms with E-state index >= 15 is 0 Å². The van der Waals surface area contributed by atoms with Crippen LogP contribution in [0.15, 0.2) is 35.7 Å². The number of nitriles is 1. The van der Waals surface area contributed by atoms with Gasteiger partial charge in [-0.15, -0.1) is 0 Å². The monoisotopic (exact) mass is 301 g/mol. The second-order valence-electron chi connectivity index (χ2n) is 4.22. The molecule has 21 heavy (non-hydrogen) atoms. The van der Waals surface area contributed by atoms with Crippen molar-refractivity contribution < 1.29 is 0 Å². The first-order valence-electron chi connectivity index (χ1n) is 5.90. The molecule has 0 fully saturated rings. The summed E-state index contributed by atoms with van der Waals surface area (Å²) in [6, 6.07) is 6.87. The van der Waals surface area contributed by atoms with Crippen molar-refractivity contribution in [3.05, 3.63) is 41.2 Å². The van der Waals surface area contributed by atoms with Crippen molar-refractivity contribution in [3.8, 4) is 11.8 Å². The zero-order valence-electron chi connectivity index (χ0n) is 11.1. The summed E-state index contributed by atoms with van der Waals surface area (Å²) in [4.78, 5) is 0. The largest absolute Gasteiger partial charge is 0.382 e. The Morgan fingerprint density at radius 1 is 1.57 bits per heavy atom. The van der Waals surface area contributed by atoms with Crippen molar-refractivity contribution >= 4 is 28.8 Å². The van der Waals surface area contributed by atoms with Crippen LogP contribution in [0.1, 0.15) is 5.56 Å². The minimum absolute atomic E-state index is 0.211. The van der Waals surface area contributed by atoms with Gasteiger partial charge in [-0.1, -0.05) is 11.6 Å². The van der Waals surface area contributed by atoms with Gasteiger partial charge in [0, 0.05) is 11.2 Å². The highest BCUT2D eigenvalue weighted by Crippen LogP contribution is 2.24. The van der Waals surface area contributed by atoms with Crippen LogP contribution < -0.4 is 11.2 Å². The number of halogens is 1. The van der Waals surface area contributed by atoms with Crippen LogP contribution in [0.25, 0.3) is 5.69 Å². The molecule has 0 aliphatic rings. The highest BCUT2D eigenvalue weighted by atomic mass is 35.5. The van der Waals surface area contributed by atoms with Crippen molar-refractivity contribution in [3.63, 3.8) is 0 Å². The third kappa shape index (κ3) is 3.38. The molecule has 106 valence electrons. The lowest BCUT2D eigenvalue weighted by molar-refractivity contribution is 0.880. The number of rotatable bonds is 4. The number of hydrogen-bond acceptors (Lipinski definition) is 5. The zero-order chi connectivity index (χ0) is 15.4. The molecule has 7 nitrogen and oxygen atoms in total. The summed E-state index contributed by atoms with van der Waals surface area (Å²) in [5.41, 5.74) is 9.97. The van der Waals surface area contributed by atoms with E-state index in [1.165, 1.54) is 0 Å². The number of nitrogens with two attached hydrogens (primary N) is 1. The van der Waals surface area contributed by atoms with Gasteiger partial charge in [-0.2, -0.15) is 15.5 Å². The first-order valence-corrected chi connectivity index (χ1v) is 6.28. The lowest BCUT2D eigenvalue weighted by Gasteiger charge is -2.09. The van der Waals surface area contributed by atoms with Gasteiger partial charge in [-0.3, -0.25) is 10.8 Å². The van der Waals surface area contributed by atoms with E-state index in [2.05, 4.69) is 15.6 Å². The predicted octanol–water partition coefficient (Wildman–Crippen LogP) is 2.06. The Morgan fingerprint density at radius 3 is 2.90 bits per heavy atom. The van der Waals surface area contributed by atoms with Crippen molar-refractivity contribution in [1.29, 1.82) is 10.7 Å². The number of benzene rings is 1. The number of anilines is 1. The lowest BCUT2D eigenvalue weighted by Crippen LogP contribution is -2.22. The molecule has 0 radical (unpaired) electrons. The quantitative estimate of drug-likeness (QED) is 0.455. The standard InChI is InChI=1S/C13H12ClN7/c1-8-6-18-21(7-8)12-3-2-9(14)4-10(12)19-20-11(5-15)13(16)17/h2-4,6-7,19H,1H3,(H3,16,17)/b20-11+. The molecule has 0 bridgehead atoms. The van der Waals surface area contributed by atoms with Gasteiger partial charge < -0.3 is 5.73 Å². The number of nitrogens with one attached hydrogen (secondary N) is 2. The van der Waals surface area contributed by atoms with Gasteiger partial charge >= 0.3 is 0 Å². The molecule has 0 unspecified atom stereocenters. The number of aryl methyl sites for hydroxylation is 1. The Bertz CT molecular complexity index is 754. The van der Waals surface area contributed by atoms with E-state index in [-0.39, 0.29) is 5.71 Å². The summed E-state index contributed by atoms with van der Waals surface area (Å²) in [6.45, 7) is 1.92. The van der Waals surface area contributed by atoms with E-state index in [9.17, 15) is 0 Å². The predicted molar refractivity (Wildman–Crippen MR) is 81.9 cm³/mol. The third-order valence-corrected chi connectivity index (χ3v) is 2.80. The number of nitrogens with zero attached hydrogens (tertiary/aromatic N) is 4. The lowest BCUT2D eigenvalue weighted by atomic mass is 10.2. The number of aromatic nitrogens is 2. The highest BCUT2D eigenvalue weighted by Gasteiger charge is 2.08. The van der Waals surface area contributed by atoms with E-state index in [0.29, 0.717) is 16.4 Å². The summed E-state index contributed by atoms with van der Waals surface area (Å²) in [5, 5.41) is 24.6. The Kier molecular flexibility index (Phi) is 4.21. The fourth-order valence-corrected chi connectivity index (χ4v) is 1.78. The number of hydrogen-bond donors (Lipinski definition) is 3. The summed E-state index contributed by atoms with van der Waals surface area (Å²) in [7, 11) is 0. The maximum atomic E-state index is 8.83. The SMILES string of the molecule is Cc1cnn(-c2ccc(Cl)cc2N/N=C(\C#N)C(=N)N)c1. The molecule has 0 saturated heterocycles. The first kappa shape index (κ1) is 14.6. The van der Waals surface area contributed by atoms with Gasteiger partial charge in [0.05, 0.1) is 17.6 Å². The molecule has 2 rings (SSSR count). The average Bonchev–Trinajstić information content (AvgIpc) is 2.85. The average molecular weight is 302 g/mol. The zero-order valence-corrected chi connectivity index (χ0v) is 11.9. The molecule has 0 aliphatic carbocycles. The van der Waals surface area contributed by atoms with Gasteiger partial charge in [-0.05, 0) is 30.7 Å². The second-order valence-corrected chi connectivity index (χ2v) is 4.66. The van der Waals surface area contributed by atoms with Gasteiger partial charge in [0.15, 0.2) is 5.84 Å². The van der Waals surface area contributed by atoms with Crippen molar-refractivity contribution in [1.82, 2.24) is 9.78 Å². The van der Waals surface area contributed by atoms with Crippen LogP contribution >= 0.6 is 11.6 Å². The summed E-state index contributed by atoms with van der Waals surface area (Å²) in [6.07, 6.45) is 3.56. The fourth-order valence-electron chi connectivity index (χ4n) is 1.60. The van der Waals surface area contributed by atoms with Crippen LogP contribution in [0.4, 0.5) is 5.69 Å². The van der Waals surface area contributed by atoms with Crippen molar-refractivity contribution in [2.75, 3.05) is 5.43 Å². The van der Waals surface area contributed by atoms with Crippen LogP contribution in [0.3, 0.4) is 0 Å². The van der Waals surface area contributed by atoms with Crippen LogP contribution in [-0.2, 0) is 0 Å². The Balaban J connectivity index is 2.41. The molecule has 0 atom stereocenters. The molecule has 2 aromatic rings. The van der Waals surface area contributed by atoms with Crippen molar-refractivity contribution in [2.45, 2.75) is 6.92 Å². The summed E-state index contributed by atoms with van der Waals surface area (Å²) >= 11 is 5.97. The molecular formula is C13H12ClN7. The molecule has 4 N–H and O–H groups in total. The van der Waals surface area contributed by atoms with Crippen LogP contribution in [0.2, 0.25) is 5.02 Å². The van der Waals surface area contributed by atoms with Gasteiger partial charge in [0.1, 0.15) is 6.07 Å². The topological polar surface area (TPSA) is 116 Å². The van der Waals surface area contributed by atoms with Crippen molar-refractivity contribution in [2.24, 2.45) is 10.8 Å². The van der Waals surface area contributed by atoms with E-state index in [4.69, 9.17) is 28.0 Å². The first-order chi connectivity index (χ1) is 10.0. The van der Waals surface area contributed by atoms with Crippen LogP contribution in [0, 0.1) is 23.7 Å². The molecule has 8 heteroatoms. The van der Waals surface area contributed by atoms with Gasteiger partial charge in [0.2, 0.25) is 5.71 Å². The summed E-state index contributed by atoms with van der Waals surface area (Å²) < 4.78 is 1.66. The molecule has 1 heterocycles. The molecule has 0 spiro atoms. The smallest absolute Gasteiger partial charge is 0.201 e. The van der Waals surface area contributed by atoms with E-state index < -0.39 is 5.84 Å². The van der Waals surface area contributed by atoms with E-state index in [1.54, 1.807) is 35.1 Å². The highest BCUT2D eigenvalue weighted by molar-refractivity contribution is 6.45. The number of hydrazone groups is 1. The second kappa shape index (κ2) is 6.07. The minimum atomic E-state index is -0.413. The minimum Gasteiger partial charge on any atom is -0.382 e. The molecular weight excluding hydrogens is 290 g/mol. The maximum Gasteiger partial charge on any atom is 0.201 e. The van der Waals surface area contributed by atoms with E-state index in [0.717, 1.165) is 5.56 Å². The Labute approximate surface area is 126 Å². The van der Waals surface area contributed by atoms with Crippen LogP contribution in [0.5, 0.6) is 0 Å². The molecule has 1 aromatic carbocycles. The number of amidine groups is 1. The molecule has 1 aromatic heterocycles. The van der Waals surface area contributed by atoms with Crippen LogP contribution in [-0.4, -0.2) is 21.3 Å². The maximum absolute atomic E-state index is 8.83. The Hall–Kier alpha value is -2.85. The molecule has 0 saturated carbocycles.